The third-order valence-corrected chi connectivity index (χ3v) is 5.06. The van der Waals surface area contributed by atoms with Crippen molar-refractivity contribution in [2.45, 2.75) is 45.6 Å². The van der Waals surface area contributed by atoms with Gasteiger partial charge in [0.15, 0.2) is 5.82 Å². The molecule has 108 valence electrons. The van der Waals surface area contributed by atoms with E-state index in [0.29, 0.717) is 0 Å². The summed E-state index contributed by atoms with van der Waals surface area (Å²) in [6.45, 7) is 5.08. The molecule has 0 aromatic carbocycles. The van der Waals surface area contributed by atoms with Crippen molar-refractivity contribution in [2.24, 2.45) is 0 Å². The Hall–Kier alpha value is -1.20. The summed E-state index contributed by atoms with van der Waals surface area (Å²) in [6.07, 6.45) is 4.49. The summed E-state index contributed by atoms with van der Waals surface area (Å²) in [5, 5.41) is 4.66. The Kier molecular flexibility index (Phi) is 3.89. The van der Waals surface area contributed by atoms with Crippen LogP contribution in [-0.2, 0) is 17.6 Å². The molecule has 0 bridgehead atoms. The number of aryl methyl sites for hydroxylation is 2. The third-order valence-electron chi connectivity index (χ3n) is 3.87. The lowest BCUT2D eigenvalue weighted by atomic mass is 10.1. The molecule has 3 rings (SSSR count). The molecule has 0 fully saturated rings. The van der Waals surface area contributed by atoms with Gasteiger partial charge in [-0.25, -0.2) is 9.97 Å². The Bertz CT molecular complexity index is 619. The maximum Gasteiger partial charge on any atom is 0.161 e. The number of hydrogen-bond acceptors (Lipinski definition) is 5. The molecule has 5 heteroatoms. The van der Waals surface area contributed by atoms with Crippen LogP contribution in [0.15, 0.2) is 0 Å². The number of nitrogens with zero attached hydrogens (tertiary/aromatic N) is 2. The Morgan fingerprint density at radius 1 is 1.30 bits per heavy atom. The zero-order valence-electron chi connectivity index (χ0n) is 12.3. The summed E-state index contributed by atoms with van der Waals surface area (Å²) in [5.74, 6) is 1.79. The van der Waals surface area contributed by atoms with Crippen LogP contribution < -0.4 is 5.32 Å². The number of thiophene rings is 1. The molecule has 0 aliphatic heterocycles. The first-order chi connectivity index (χ1) is 9.78. The number of rotatable bonds is 5. The summed E-state index contributed by atoms with van der Waals surface area (Å²) in [7, 11) is 1.73. The minimum atomic E-state index is -0.0197. The first-order valence-corrected chi connectivity index (χ1v) is 8.18. The fourth-order valence-corrected chi connectivity index (χ4v) is 4.17. The number of fused-ring (bicyclic) bond motifs is 3. The quantitative estimate of drug-likeness (QED) is 0.912. The standard InChI is InChI=1S/C15H21N3OS/c1-4-10(19-3)13-17-14(16-5-2)12-9-7-6-8-11(9)20-15(12)18-13/h10H,4-8H2,1-3H3,(H,16,17,18). The zero-order chi connectivity index (χ0) is 14.1. The van der Waals surface area contributed by atoms with Crippen LogP contribution in [0.1, 0.15) is 49.1 Å². The molecule has 0 radical (unpaired) electrons. The molecule has 20 heavy (non-hydrogen) atoms. The van der Waals surface area contributed by atoms with E-state index < -0.39 is 0 Å². The minimum absolute atomic E-state index is 0.0197. The first kappa shape index (κ1) is 13.8. The number of anilines is 1. The topological polar surface area (TPSA) is 47.0 Å². The lowest BCUT2D eigenvalue weighted by molar-refractivity contribution is 0.0930. The van der Waals surface area contributed by atoms with Crippen molar-refractivity contribution < 1.29 is 4.74 Å². The SMILES string of the molecule is CCNc1nc(C(CC)OC)nc2sc3c(c12)CCC3. The van der Waals surface area contributed by atoms with Gasteiger partial charge in [-0.1, -0.05) is 6.92 Å². The third kappa shape index (κ3) is 2.19. The highest BCUT2D eigenvalue weighted by Gasteiger charge is 2.23. The Labute approximate surface area is 123 Å². The van der Waals surface area contributed by atoms with Gasteiger partial charge in [0.25, 0.3) is 0 Å². The monoisotopic (exact) mass is 291 g/mol. The second kappa shape index (κ2) is 5.66. The lowest BCUT2D eigenvalue weighted by Crippen LogP contribution is -2.09. The van der Waals surface area contributed by atoms with Crippen LogP contribution in [0.4, 0.5) is 5.82 Å². The summed E-state index contributed by atoms with van der Waals surface area (Å²) in [6, 6.07) is 0. The van der Waals surface area contributed by atoms with Crippen LogP contribution in [0.5, 0.6) is 0 Å². The van der Waals surface area contributed by atoms with Crippen LogP contribution in [0, 0.1) is 0 Å². The molecule has 1 aliphatic rings. The van der Waals surface area contributed by atoms with Crippen LogP contribution in [0.3, 0.4) is 0 Å². The van der Waals surface area contributed by atoms with Gasteiger partial charge >= 0.3 is 0 Å². The van der Waals surface area contributed by atoms with Gasteiger partial charge in [-0.05, 0) is 38.2 Å². The van der Waals surface area contributed by atoms with E-state index in [4.69, 9.17) is 14.7 Å². The van der Waals surface area contributed by atoms with Crippen molar-refractivity contribution in [3.63, 3.8) is 0 Å². The normalized spacial score (nSPS) is 15.6. The highest BCUT2D eigenvalue weighted by atomic mass is 32.1. The molecular weight excluding hydrogens is 270 g/mol. The van der Waals surface area contributed by atoms with Gasteiger partial charge in [-0.2, -0.15) is 0 Å². The number of methoxy groups -OCH3 is 1. The maximum atomic E-state index is 5.50. The molecule has 2 aromatic rings. The number of aromatic nitrogens is 2. The van der Waals surface area contributed by atoms with E-state index >= 15 is 0 Å². The number of ether oxygens (including phenoxy) is 1. The van der Waals surface area contributed by atoms with E-state index in [-0.39, 0.29) is 6.10 Å². The van der Waals surface area contributed by atoms with Crippen LogP contribution in [-0.4, -0.2) is 23.6 Å². The predicted molar refractivity (Wildman–Crippen MR) is 83.6 cm³/mol. The van der Waals surface area contributed by atoms with E-state index in [0.717, 1.165) is 35.9 Å². The largest absolute Gasteiger partial charge is 0.373 e. The van der Waals surface area contributed by atoms with Crippen molar-refractivity contribution in [3.05, 3.63) is 16.3 Å². The van der Waals surface area contributed by atoms with Crippen molar-refractivity contribution in [3.8, 4) is 0 Å². The van der Waals surface area contributed by atoms with E-state index in [1.165, 1.54) is 28.7 Å². The molecule has 1 atom stereocenters. The molecule has 1 aliphatic carbocycles. The molecule has 2 heterocycles. The molecule has 4 nitrogen and oxygen atoms in total. The van der Waals surface area contributed by atoms with Crippen LogP contribution in [0.25, 0.3) is 10.2 Å². The Morgan fingerprint density at radius 2 is 2.15 bits per heavy atom. The van der Waals surface area contributed by atoms with Gasteiger partial charge in [0, 0.05) is 18.5 Å². The highest BCUT2D eigenvalue weighted by molar-refractivity contribution is 7.19. The second-order valence-corrected chi connectivity index (χ2v) is 6.21. The zero-order valence-corrected chi connectivity index (χ0v) is 13.1. The Morgan fingerprint density at radius 3 is 2.85 bits per heavy atom. The van der Waals surface area contributed by atoms with Gasteiger partial charge in [-0.3, -0.25) is 0 Å². The predicted octanol–water partition coefficient (Wildman–Crippen LogP) is 3.71. The first-order valence-electron chi connectivity index (χ1n) is 7.37. The maximum absolute atomic E-state index is 5.50. The summed E-state index contributed by atoms with van der Waals surface area (Å²) >= 11 is 1.83. The van der Waals surface area contributed by atoms with Gasteiger partial charge in [0.2, 0.25) is 0 Å². The lowest BCUT2D eigenvalue weighted by Gasteiger charge is -2.14. The van der Waals surface area contributed by atoms with E-state index in [9.17, 15) is 0 Å². The molecule has 1 N–H and O–H groups in total. The molecular formula is C15H21N3OS. The second-order valence-electron chi connectivity index (χ2n) is 5.13. The molecule has 2 aromatic heterocycles. The van der Waals surface area contributed by atoms with Crippen molar-refractivity contribution >= 4 is 27.4 Å². The summed E-state index contributed by atoms with van der Waals surface area (Å²) < 4.78 is 5.50. The van der Waals surface area contributed by atoms with Gasteiger partial charge in [0.05, 0.1) is 5.39 Å². The highest BCUT2D eigenvalue weighted by Crippen LogP contribution is 2.40. The van der Waals surface area contributed by atoms with E-state index in [1.807, 2.05) is 11.3 Å². The van der Waals surface area contributed by atoms with Crippen LogP contribution in [0.2, 0.25) is 0 Å². The van der Waals surface area contributed by atoms with E-state index in [2.05, 4.69) is 19.2 Å². The fourth-order valence-electron chi connectivity index (χ4n) is 2.91. The van der Waals surface area contributed by atoms with Gasteiger partial charge < -0.3 is 10.1 Å². The van der Waals surface area contributed by atoms with Gasteiger partial charge in [-0.15, -0.1) is 11.3 Å². The minimum Gasteiger partial charge on any atom is -0.373 e. The molecule has 0 amide bonds. The summed E-state index contributed by atoms with van der Waals surface area (Å²) in [4.78, 5) is 12.1. The van der Waals surface area contributed by atoms with Crippen molar-refractivity contribution in [1.82, 2.24) is 9.97 Å². The molecule has 0 saturated heterocycles. The fraction of sp³-hybridized carbons (Fsp3) is 0.600. The average molecular weight is 291 g/mol. The van der Waals surface area contributed by atoms with E-state index in [1.54, 1.807) is 7.11 Å². The molecule has 0 spiro atoms. The summed E-state index contributed by atoms with van der Waals surface area (Å²) in [5.41, 5.74) is 1.47. The smallest absolute Gasteiger partial charge is 0.161 e. The van der Waals surface area contributed by atoms with Crippen LogP contribution >= 0.6 is 11.3 Å². The molecule has 0 saturated carbocycles. The van der Waals surface area contributed by atoms with Crippen molar-refractivity contribution in [2.75, 3.05) is 19.0 Å². The van der Waals surface area contributed by atoms with Crippen molar-refractivity contribution in [1.29, 1.82) is 0 Å². The number of nitrogens with one attached hydrogen (secondary N) is 1. The Balaban J connectivity index is 2.17. The number of hydrogen-bond donors (Lipinski definition) is 1. The average Bonchev–Trinajstić information content (AvgIpc) is 3.00. The molecule has 1 unspecified atom stereocenters. The van der Waals surface area contributed by atoms with Gasteiger partial charge in [0.1, 0.15) is 16.8 Å².